The molecule has 2 aromatic carbocycles. The van der Waals surface area contributed by atoms with Gasteiger partial charge in [0.25, 0.3) is 5.69 Å². The Kier molecular flexibility index (Phi) is 5.98. The van der Waals surface area contributed by atoms with Gasteiger partial charge in [0.15, 0.2) is 5.44 Å². The van der Waals surface area contributed by atoms with Gasteiger partial charge in [-0.2, -0.15) is 0 Å². The molecule has 0 amide bonds. The summed E-state index contributed by atoms with van der Waals surface area (Å²) in [5.74, 6) is -0.652. The molecule has 0 bridgehead atoms. The summed E-state index contributed by atoms with van der Waals surface area (Å²) in [5, 5.41) is 11.1. The van der Waals surface area contributed by atoms with Crippen molar-refractivity contribution in [2.24, 2.45) is 0 Å². The number of ether oxygens (including phenoxy) is 2. The highest BCUT2D eigenvalue weighted by Gasteiger charge is 2.24. The smallest absolute Gasteiger partial charge is 0.341 e. The number of hydrogen-bond donors (Lipinski definition) is 1. The monoisotopic (exact) mass is 388 g/mol. The summed E-state index contributed by atoms with van der Waals surface area (Å²) in [6, 6.07) is 11.7. The number of thiol groups is 1. The van der Waals surface area contributed by atoms with Crippen LogP contribution < -0.4 is 4.90 Å². The Morgan fingerprint density at radius 3 is 2.52 bits per heavy atom. The summed E-state index contributed by atoms with van der Waals surface area (Å²) < 4.78 is 10.8. The Balaban J connectivity index is 1.87. The van der Waals surface area contributed by atoms with Gasteiger partial charge in [-0.3, -0.25) is 10.1 Å². The van der Waals surface area contributed by atoms with Crippen LogP contribution in [0.5, 0.6) is 0 Å². The van der Waals surface area contributed by atoms with Crippen LogP contribution in [-0.4, -0.2) is 37.2 Å². The quantitative estimate of drug-likeness (QED) is 0.277. The number of aryl methyl sites for hydroxylation is 1. The fourth-order valence-electron chi connectivity index (χ4n) is 2.85. The molecule has 1 unspecified atom stereocenters. The van der Waals surface area contributed by atoms with Gasteiger partial charge in [0, 0.05) is 30.8 Å². The Bertz CT molecular complexity index is 834. The van der Waals surface area contributed by atoms with Crippen LogP contribution in [0.2, 0.25) is 0 Å². The number of benzene rings is 2. The third-order valence-corrected chi connectivity index (χ3v) is 4.75. The Labute approximate surface area is 162 Å². The summed E-state index contributed by atoms with van der Waals surface area (Å²) in [6.07, 6.45) is 0. The number of nitrogens with zero attached hydrogens (tertiary/aromatic N) is 2. The van der Waals surface area contributed by atoms with Crippen LogP contribution in [0.4, 0.5) is 11.4 Å². The predicted octanol–water partition coefficient (Wildman–Crippen LogP) is 3.53. The second-order valence-corrected chi connectivity index (χ2v) is 6.70. The van der Waals surface area contributed by atoms with Crippen LogP contribution in [0.1, 0.15) is 26.9 Å². The largest absolute Gasteiger partial charge is 0.443 e. The normalized spacial score (nSPS) is 15.3. The van der Waals surface area contributed by atoms with Crippen molar-refractivity contribution in [3.63, 3.8) is 0 Å². The first-order valence-electron chi connectivity index (χ1n) is 8.52. The van der Waals surface area contributed by atoms with Crippen molar-refractivity contribution >= 4 is 30.0 Å². The molecule has 0 aliphatic carbocycles. The van der Waals surface area contributed by atoms with Gasteiger partial charge >= 0.3 is 5.97 Å². The Morgan fingerprint density at radius 1 is 1.22 bits per heavy atom. The molecule has 1 heterocycles. The first-order valence-corrected chi connectivity index (χ1v) is 9.04. The maximum absolute atomic E-state index is 12.8. The van der Waals surface area contributed by atoms with E-state index < -0.39 is 16.3 Å². The van der Waals surface area contributed by atoms with Gasteiger partial charge in [-0.25, -0.2) is 4.79 Å². The van der Waals surface area contributed by atoms with Crippen LogP contribution in [0, 0.1) is 17.0 Å². The number of nitro benzene ring substituents is 1. The van der Waals surface area contributed by atoms with Crippen molar-refractivity contribution in [3.05, 3.63) is 69.3 Å². The van der Waals surface area contributed by atoms with Crippen molar-refractivity contribution in [3.8, 4) is 0 Å². The van der Waals surface area contributed by atoms with Gasteiger partial charge in [-0.1, -0.05) is 29.8 Å². The minimum Gasteiger partial charge on any atom is -0.443 e. The summed E-state index contributed by atoms with van der Waals surface area (Å²) in [6.45, 7) is 4.22. The number of hydrogen-bond acceptors (Lipinski definition) is 7. The van der Waals surface area contributed by atoms with Crippen molar-refractivity contribution < 1.29 is 19.2 Å². The lowest BCUT2D eigenvalue weighted by Crippen LogP contribution is -2.37. The van der Waals surface area contributed by atoms with Gasteiger partial charge in [-0.05, 0) is 13.0 Å². The highest BCUT2D eigenvalue weighted by molar-refractivity contribution is 7.80. The highest BCUT2D eigenvalue weighted by atomic mass is 32.1. The Morgan fingerprint density at radius 2 is 1.89 bits per heavy atom. The van der Waals surface area contributed by atoms with Crippen LogP contribution in [-0.2, 0) is 9.47 Å². The van der Waals surface area contributed by atoms with E-state index in [2.05, 4.69) is 12.6 Å². The van der Waals surface area contributed by atoms with Crippen LogP contribution >= 0.6 is 12.6 Å². The van der Waals surface area contributed by atoms with Crippen molar-refractivity contribution in [2.75, 3.05) is 31.2 Å². The van der Waals surface area contributed by atoms with E-state index in [-0.39, 0.29) is 11.3 Å². The Hall–Kier alpha value is -2.58. The number of rotatable bonds is 5. The van der Waals surface area contributed by atoms with Crippen molar-refractivity contribution in [2.45, 2.75) is 12.4 Å². The van der Waals surface area contributed by atoms with E-state index in [0.717, 1.165) is 11.1 Å². The minimum atomic E-state index is -0.769. The molecule has 0 radical (unpaired) electrons. The standard InChI is InChI=1S/C19H20N2O5S/c1-13-2-4-14(5-3-13)19(27)26-18(22)16-12-15(21(23)24)6-7-17(16)20-8-10-25-11-9-20/h2-7,12,19,27H,8-11H2,1H3. The summed E-state index contributed by atoms with van der Waals surface area (Å²) in [5.41, 5.74) is 1.63. The topological polar surface area (TPSA) is 81.9 Å². The lowest BCUT2D eigenvalue weighted by atomic mass is 10.1. The summed E-state index contributed by atoms with van der Waals surface area (Å²) >= 11 is 4.36. The number of nitro groups is 1. The molecule has 1 saturated heterocycles. The number of anilines is 1. The minimum absolute atomic E-state index is 0.150. The molecule has 8 heteroatoms. The zero-order valence-corrected chi connectivity index (χ0v) is 15.7. The van der Waals surface area contributed by atoms with E-state index in [1.165, 1.54) is 12.1 Å². The first kappa shape index (κ1) is 19.2. The molecule has 0 spiro atoms. The number of esters is 1. The number of carbonyl (C=O) groups excluding carboxylic acids is 1. The van der Waals surface area contributed by atoms with E-state index in [1.807, 2.05) is 36.1 Å². The van der Waals surface area contributed by atoms with Crippen LogP contribution in [0.3, 0.4) is 0 Å². The average Bonchev–Trinajstić information content (AvgIpc) is 2.68. The van der Waals surface area contributed by atoms with Crippen molar-refractivity contribution in [1.29, 1.82) is 0 Å². The summed E-state index contributed by atoms with van der Waals surface area (Å²) in [7, 11) is 0. The molecule has 0 N–H and O–H groups in total. The number of carbonyl (C=O) groups is 1. The fraction of sp³-hybridized carbons (Fsp3) is 0.316. The maximum atomic E-state index is 12.8. The molecule has 7 nitrogen and oxygen atoms in total. The van der Waals surface area contributed by atoms with Gasteiger partial charge in [0.1, 0.15) is 0 Å². The van der Waals surface area contributed by atoms with Gasteiger partial charge < -0.3 is 14.4 Å². The lowest BCUT2D eigenvalue weighted by molar-refractivity contribution is -0.384. The summed E-state index contributed by atoms with van der Waals surface area (Å²) in [4.78, 5) is 25.4. The number of non-ortho nitro benzene ring substituents is 1. The van der Waals surface area contributed by atoms with Gasteiger partial charge in [0.2, 0.25) is 0 Å². The molecule has 27 heavy (non-hydrogen) atoms. The zero-order valence-electron chi connectivity index (χ0n) is 14.8. The van der Waals surface area contributed by atoms with Crippen LogP contribution in [0.25, 0.3) is 0 Å². The lowest BCUT2D eigenvalue weighted by Gasteiger charge is -2.30. The third kappa shape index (κ3) is 4.58. The van der Waals surface area contributed by atoms with E-state index in [1.54, 1.807) is 6.07 Å². The number of morpholine rings is 1. The molecule has 0 aromatic heterocycles. The second-order valence-electron chi connectivity index (χ2n) is 6.23. The maximum Gasteiger partial charge on any atom is 0.341 e. The van der Waals surface area contributed by atoms with E-state index >= 15 is 0 Å². The molecule has 142 valence electrons. The molecule has 2 aromatic rings. The second kappa shape index (κ2) is 8.41. The average molecular weight is 388 g/mol. The van der Waals surface area contributed by atoms with Gasteiger partial charge in [0.05, 0.1) is 29.4 Å². The molecule has 1 aliphatic rings. The molecule has 0 saturated carbocycles. The molecule has 3 rings (SSSR count). The molecular formula is C19H20N2O5S. The molecular weight excluding hydrogens is 368 g/mol. The third-order valence-electron chi connectivity index (χ3n) is 4.34. The van der Waals surface area contributed by atoms with Gasteiger partial charge in [-0.15, -0.1) is 12.6 Å². The van der Waals surface area contributed by atoms with E-state index in [0.29, 0.717) is 32.0 Å². The van der Waals surface area contributed by atoms with E-state index in [9.17, 15) is 14.9 Å². The molecule has 1 atom stereocenters. The van der Waals surface area contributed by atoms with Crippen LogP contribution in [0.15, 0.2) is 42.5 Å². The molecule has 1 aliphatic heterocycles. The van der Waals surface area contributed by atoms with Crippen molar-refractivity contribution in [1.82, 2.24) is 0 Å². The SMILES string of the molecule is Cc1ccc(C(S)OC(=O)c2cc([N+](=O)[O-])ccc2N2CCOCC2)cc1. The highest BCUT2D eigenvalue weighted by Crippen LogP contribution is 2.30. The zero-order chi connectivity index (χ0) is 19.4. The molecule has 1 fully saturated rings. The van der Waals surface area contributed by atoms with E-state index in [4.69, 9.17) is 9.47 Å². The fourth-order valence-corrected chi connectivity index (χ4v) is 3.11. The first-order chi connectivity index (χ1) is 13.0. The predicted molar refractivity (Wildman–Crippen MR) is 104 cm³/mol.